The van der Waals surface area contributed by atoms with Crippen LogP contribution in [-0.4, -0.2) is 19.9 Å². The van der Waals surface area contributed by atoms with Crippen LogP contribution in [0.1, 0.15) is 69.7 Å². The van der Waals surface area contributed by atoms with Crippen molar-refractivity contribution in [3.05, 3.63) is 70.8 Å². The molecule has 2 aromatic carbocycles. The molecule has 164 valence electrons. The first kappa shape index (κ1) is 21.5. The zero-order valence-electron chi connectivity index (χ0n) is 19.4. The number of hydrogen-bond donors (Lipinski definition) is 0. The summed E-state index contributed by atoms with van der Waals surface area (Å²) in [5, 5.41) is 0. The van der Waals surface area contributed by atoms with E-state index in [-0.39, 0.29) is 10.8 Å². The molecule has 2 aliphatic rings. The minimum Gasteiger partial charge on any atom is -0.491 e. The van der Waals surface area contributed by atoms with E-state index >= 15 is 0 Å². The van der Waals surface area contributed by atoms with Gasteiger partial charge >= 0.3 is 6.16 Å². The fraction of sp³-hybridized carbons (Fsp3) is 0.444. The lowest BCUT2D eigenvalue weighted by Gasteiger charge is -2.43. The lowest BCUT2D eigenvalue weighted by molar-refractivity contribution is 0.121. The summed E-state index contributed by atoms with van der Waals surface area (Å²) in [6.07, 6.45) is 1.61. The van der Waals surface area contributed by atoms with Gasteiger partial charge in [0.1, 0.15) is 18.1 Å². The molecule has 1 aliphatic carbocycles. The van der Waals surface area contributed by atoms with Crippen LogP contribution in [0.2, 0.25) is 0 Å². The first-order chi connectivity index (χ1) is 14.5. The molecule has 2 aromatic rings. The van der Waals surface area contributed by atoms with Crippen molar-refractivity contribution in [2.75, 3.05) is 13.7 Å². The van der Waals surface area contributed by atoms with Gasteiger partial charge in [-0.3, -0.25) is 0 Å². The van der Waals surface area contributed by atoms with Crippen LogP contribution in [0.25, 0.3) is 0 Å². The highest BCUT2D eigenvalue weighted by molar-refractivity contribution is 5.65. The van der Waals surface area contributed by atoms with Crippen LogP contribution in [0, 0.1) is 0 Å². The fourth-order valence-corrected chi connectivity index (χ4v) is 5.13. The third kappa shape index (κ3) is 3.33. The first-order valence-electron chi connectivity index (χ1n) is 10.9. The Morgan fingerprint density at radius 1 is 0.968 bits per heavy atom. The summed E-state index contributed by atoms with van der Waals surface area (Å²) in [6.45, 7) is 16.3. The Balaban J connectivity index is 1.84. The molecule has 0 bridgehead atoms. The fourth-order valence-electron chi connectivity index (χ4n) is 5.13. The second kappa shape index (κ2) is 7.15. The molecule has 31 heavy (non-hydrogen) atoms. The summed E-state index contributed by atoms with van der Waals surface area (Å²) in [5.74, 6) is 1.11. The van der Waals surface area contributed by atoms with E-state index in [2.05, 4.69) is 64.1 Å². The Kier molecular flexibility index (Phi) is 4.95. The normalized spacial score (nSPS) is 22.6. The largest absolute Gasteiger partial charge is 0.513 e. The van der Waals surface area contributed by atoms with Crippen LogP contribution in [-0.2, 0) is 21.0 Å². The molecule has 0 aromatic heterocycles. The van der Waals surface area contributed by atoms with Gasteiger partial charge in [0.15, 0.2) is 0 Å². The standard InChI is InChI=1S/C27H32O4/c1-17(2)27(16-30-23-15-19(9-11-21(23)27)31-24(28)29-7)18-8-10-20-22(14-18)26(5,6)13-12-25(20,3)4/h8-11,14-15H,1,12-13,16H2,2-7H3. The van der Waals surface area contributed by atoms with Crippen molar-refractivity contribution in [2.24, 2.45) is 0 Å². The van der Waals surface area contributed by atoms with Crippen LogP contribution in [0.5, 0.6) is 11.5 Å². The van der Waals surface area contributed by atoms with E-state index in [9.17, 15) is 4.79 Å². The van der Waals surface area contributed by atoms with Gasteiger partial charge in [-0.25, -0.2) is 4.79 Å². The Morgan fingerprint density at radius 2 is 1.61 bits per heavy atom. The van der Waals surface area contributed by atoms with Crippen LogP contribution >= 0.6 is 0 Å². The van der Waals surface area contributed by atoms with Gasteiger partial charge in [0.05, 0.1) is 12.5 Å². The third-order valence-corrected chi connectivity index (χ3v) is 7.30. The highest BCUT2D eigenvalue weighted by Crippen LogP contribution is 2.52. The minimum absolute atomic E-state index is 0.123. The van der Waals surface area contributed by atoms with Crippen molar-refractivity contribution in [1.29, 1.82) is 0 Å². The Morgan fingerprint density at radius 3 is 2.26 bits per heavy atom. The van der Waals surface area contributed by atoms with Crippen molar-refractivity contribution < 1.29 is 19.0 Å². The van der Waals surface area contributed by atoms with Gasteiger partial charge in [0.2, 0.25) is 0 Å². The average molecular weight is 421 g/mol. The van der Waals surface area contributed by atoms with Gasteiger partial charge in [-0.2, -0.15) is 0 Å². The predicted molar refractivity (Wildman–Crippen MR) is 122 cm³/mol. The minimum atomic E-state index is -0.747. The van der Waals surface area contributed by atoms with Gasteiger partial charge in [-0.1, -0.05) is 64.1 Å². The molecule has 1 atom stereocenters. The summed E-state index contributed by atoms with van der Waals surface area (Å²) >= 11 is 0. The van der Waals surface area contributed by atoms with Gasteiger partial charge in [-0.15, -0.1) is 0 Å². The van der Waals surface area contributed by atoms with Crippen LogP contribution < -0.4 is 9.47 Å². The van der Waals surface area contributed by atoms with Crippen LogP contribution in [0.4, 0.5) is 4.79 Å². The zero-order valence-corrected chi connectivity index (χ0v) is 19.4. The predicted octanol–water partition coefficient (Wildman–Crippen LogP) is 6.44. The second-order valence-electron chi connectivity index (χ2n) is 10.2. The molecule has 0 fully saturated rings. The van der Waals surface area contributed by atoms with Crippen molar-refractivity contribution in [2.45, 2.75) is 63.7 Å². The topological polar surface area (TPSA) is 44.8 Å². The van der Waals surface area contributed by atoms with Crippen LogP contribution in [0.3, 0.4) is 0 Å². The highest BCUT2D eigenvalue weighted by Gasteiger charge is 2.45. The maximum Gasteiger partial charge on any atom is 0.513 e. The second-order valence-corrected chi connectivity index (χ2v) is 10.2. The van der Waals surface area contributed by atoms with Gasteiger partial charge in [0.25, 0.3) is 0 Å². The molecule has 4 heteroatoms. The van der Waals surface area contributed by atoms with Crippen LogP contribution in [0.15, 0.2) is 48.6 Å². The number of rotatable bonds is 3. The molecule has 1 unspecified atom stereocenters. The summed E-state index contributed by atoms with van der Waals surface area (Å²) < 4.78 is 15.9. The summed E-state index contributed by atoms with van der Waals surface area (Å²) in [6, 6.07) is 12.4. The smallest absolute Gasteiger partial charge is 0.491 e. The summed E-state index contributed by atoms with van der Waals surface area (Å²) in [7, 11) is 1.29. The number of hydrogen-bond acceptors (Lipinski definition) is 4. The number of ether oxygens (including phenoxy) is 3. The lowest BCUT2D eigenvalue weighted by Crippen LogP contribution is -2.36. The molecule has 0 amide bonds. The maximum atomic E-state index is 11.5. The van der Waals surface area contributed by atoms with E-state index in [1.165, 1.54) is 30.2 Å². The van der Waals surface area contributed by atoms with Crippen molar-refractivity contribution in [1.82, 2.24) is 0 Å². The van der Waals surface area contributed by atoms with E-state index in [1.807, 2.05) is 6.07 Å². The first-order valence-corrected chi connectivity index (χ1v) is 10.9. The van der Waals surface area contributed by atoms with Gasteiger partial charge in [0, 0.05) is 11.6 Å². The molecular formula is C27H32O4. The number of benzene rings is 2. The Labute approximate surface area is 185 Å². The Hall–Kier alpha value is -2.75. The van der Waals surface area contributed by atoms with Gasteiger partial charge in [-0.05, 0) is 53.4 Å². The zero-order chi connectivity index (χ0) is 22.6. The van der Waals surface area contributed by atoms with Crippen molar-refractivity contribution in [3.63, 3.8) is 0 Å². The molecule has 1 aliphatic heterocycles. The monoisotopic (exact) mass is 420 g/mol. The number of carbonyl (C=O) groups is 1. The molecule has 0 saturated heterocycles. The van der Waals surface area contributed by atoms with E-state index < -0.39 is 11.6 Å². The SMILES string of the molecule is C=C(C)C1(c2ccc3c(c2)C(C)(C)CCC3(C)C)COc2cc(OC(=O)OC)ccc21. The summed E-state index contributed by atoms with van der Waals surface area (Å²) in [4.78, 5) is 11.5. The van der Waals surface area contributed by atoms with E-state index in [4.69, 9.17) is 9.47 Å². The molecule has 4 nitrogen and oxygen atoms in total. The number of methoxy groups -OCH3 is 1. The van der Waals surface area contributed by atoms with E-state index in [1.54, 1.807) is 12.1 Å². The number of carbonyl (C=O) groups excluding carboxylic acids is 1. The molecular weight excluding hydrogens is 388 g/mol. The molecule has 1 heterocycles. The molecule has 0 spiro atoms. The number of fused-ring (bicyclic) bond motifs is 2. The summed E-state index contributed by atoms with van der Waals surface area (Å²) in [5.41, 5.74) is 5.98. The van der Waals surface area contributed by atoms with E-state index in [0.717, 1.165) is 17.6 Å². The molecule has 0 N–H and O–H groups in total. The van der Waals surface area contributed by atoms with Gasteiger partial charge < -0.3 is 14.2 Å². The van der Waals surface area contributed by atoms with Crippen molar-refractivity contribution >= 4 is 6.16 Å². The Bertz CT molecular complexity index is 1060. The average Bonchev–Trinajstić information content (AvgIpc) is 3.11. The molecule has 0 radical (unpaired) electrons. The van der Waals surface area contributed by atoms with E-state index in [0.29, 0.717) is 18.1 Å². The van der Waals surface area contributed by atoms with Crippen molar-refractivity contribution in [3.8, 4) is 11.5 Å². The molecule has 4 rings (SSSR count). The lowest BCUT2D eigenvalue weighted by atomic mass is 9.61. The maximum absolute atomic E-state index is 11.5. The highest BCUT2D eigenvalue weighted by atomic mass is 16.7. The molecule has 0 saturated carbocycles. The third-order valence-electron chi connectivity index (χ3n) is 7.30. The quantitative estimate of drug-likeness (QED) is 0.326.